The third kappa shape index (κ3) is 1.72. The van der Waals surface area contributed by atoms with Gasteiger partial charge in [-0.05, 0) is 41.5 Å². The largest absolute Gasteiger partial charge is 0.304 e. The van der Waals surface area contributed by atoms with E-state index in [2.05, 4.69) is 4.98 Å². The van der Waals surface area contributed by atoms with Crippen molar-refractivity contribution in [3.63, 3.8) is 0 Å². The Morgan fingerprint density at radius 1 is 1.07 bits per heavy atom. The van der Waals surface area contributed by atoms with Crippen LogP contribution in [0.1, 0.15) is 37.9 Å². The lowest BCUT2D eigenvalue weighted by molar-refractivity contribution is 0.370. The van der Waals surface area contributed by atoms with E-state index in [-0.39, 0.29) is 11.1 Å². The van der Waals surface area contributed by atoms with Gasteiger partial charge in [0.05, 0.1) is 5.69 Å². The van der Waals surface area contributed by atoms with Gasteiger partial charge in [-0.25, -0.2) is 0 Å². The van der Waals surface area contributed by atoms with E-state index in [1.54, 1.807) is 6.92 Å². The fourth-order valence-electron chi connectivity index (χ4n) is 1.66. The van der Waals surface area contributed by atoms with Gasteiger partial charge in [0.1, 0.15) is 5.69 Å². The Kier molecular flexibility index (Phi) is 2.52. The molecule has 1 aromatic rings. The summed E-state index contributed by atoms with van der Waals surface area (Å²) in [7, 11) is 0. The van der Waals surface area contributed by atoms with Crippen molar-refractivity contribution in [2.45, 2.75) is 47.1 Å². The second-order valence-electron chi connectivity index (χ2n) is 4.68. The maximum Gasteiger partial charge on any atom is 0.272 e. The van der Waals surface area contributed by atoms with Crippen LogP contribution in [0.25, 0.3) is 0 Å². The van der Waals surface area contributed by atoms with Crippen LogP contribution >= 0.6 is 0 Å². The first-order valence-electron chi connectivity index (χ1n) is 4.82. The van der Waals surface area contributed by atoms with E-state index in [1.165, 1.54) is 0 Å². The Bertz CT molecular complexity index is 411. The molecule has 1 heterocycles. The molecular formula is C11H18N2O. The average molecular weight is 194 g/mol. The molecule has 0 amide bonds. The van der Waals surface area contributed by atoms with Gasteiger partial charge >= 0.3 is 0 Å². The van der Waals surface area contributed by atoms with Crippen molar-refractivity contribution >= 4 is 0 Å². The lowest BCUT2D eigenvalue weighted by Gasteiger charge is -2.26. The zero-order valence-corrected chi connectivity index (χ0v) is 9.80. The molecule has 0 unspecified atom stereocenters. The van der Waals surface area contributed by atoms with Gasteiger partial charge in [0, 0.05) is 11.2 Å². The first kappa shape index (κ1) is 11.0. The topological polar surface area (TPSA) is 34.9 Å². The summed E-state index contributed by atoms with van der Waals surface area (Å²) in [5, 5.41) is 0. The van der Waals surface area contributed by atoms with E-state index in [0.717, 1.165) is 11.4 Å². The van der Waals surface area contributed by atoms with E-state index in [4.69, 9.17) is 0 Å². The third-order valence-corrected chi connectivity index (χ3v) is 2.38. The monoisotopic (exact) mass is 194 g/mol. The highest BCUT2D eigenvalue weighted by Gasteiger charge is 2.19. The normalized spacial score (nSPS) is 11.9. The highest BCUT2D eigenvalue weighted by atomic mass is 16.1. The van der Waals surface area contributed by atoms with Gasteiger partial charge in [0.2, 0.25) is 0 Å². The number of aryl methyl sites for hydroxylation is 2. The summed E-state index contributed by atoms with van der Waals surface area (Å²) in [5.74, 6) is 0. The Balaban J connectivity index is 3.65. The molecule has 3 heteroatoms. The smallest absolute Gasteiger partial charge is 0.272 e. The van der Waals surface area contributed by atoms with E-state index in [0.29, 0.717) is 5.69 Å². The molecule has 0 saturated heterocycles. The molecule has 0 spiro atoms. The van der Waals surface area contributed by atoms with Crippen LogP contribution in [0.2, 0.25) is 0 Å². The molecule has 0 saturated carbocycles. The number of nitrogens with zero attached hydrogens (tertiary/aromatic N) is 2. The third-order valence-electron chi connectivity index (χ3n) is 2.38. The minimum atomic E-state index is -0.181. The van der Waals surface area contributed by atoms with Crippen molar-refractivity contribution in [2.24, 2.45) is 0 Å². The molecule has 0 aromatic carbocycles. The number of hydrogen-bond donors (Lipinski definition) is 0. The van der Waals surface area contributed by atoms with E-state index in [1.807, 2.05) is 39.2 Å². The van der Waals surface area contributed by atoms with Crippen LogP contribution in [0.5, 0.6) is 0 Å². The van der Waals surface area contributed by atoms with Crippen LogP contribution in [0, 0.1) is 20.8 Å². The lowest BCUT2D eigenvalue weighted by atomic mass is 10.1. The van der Waals surface area contributed by atoms with Crippen LogP contribution < -0.4 is 5.56 Å². The van der Waals surface area contributed by atoms with Gasteiger partial charge in [-0.15, -0.1) is 0 Å². The molecule has 0 atom stereocenters. The number of hydrogen-bond acceptors (Lipinski definition) is 2. The molecule has 1 rings (SSSR count). The SMILES string of the molecule is Cc1nc(C)c(=O)n(C(C)(C)C)c1C. The summed E-state index contributed by atoms with van der Waals surface area (Å²) in [5.41, 5.74) is 2.29. The summed E-state index contributed by atoms with van der Waals surface area (Å²) < 4.78 is 1.81. The van der Waals surface area contributed by atoms with E-state index in [9.17, 15) is 4.79 Å². The zero-order valence-electron chi connectivity index (χ0n) is 9.80. The molecule has 78 valence electrons. The van der Waals surface area contributed by atoms with Crippen LogP contribution in [0.4, 0.5) is 0 Å². The van der Waals surface area contributed by atoms with E-state index >= 15 is 0 Å². The van der Waals surface area contributed by atoms with Gasteiger partial charge in [-0.2, -0.15) is 0 Å². The first-order chi connectivity index (χ1) is 6.25. The fourth-order valence-corrected chi connectivity index (χ4v) is 1.66. The van der Waals surface area contributed by atoms with Crippen molar-refractivity contribution in [1.29, 1.82) is 0 Å². The van der Waals surface area contributed by atoms with Gasteiger partial charge < -0.3 is 4.57 Å². The number of aromatic nitrogens is 2. The molecule has 1 aromatic heterocycles. The Labute approximate surface area is 84.8 Å². The predicted octanol–water partition coefficient (Wildman–Crippen LogP) is 1.92. The van der Waals surface area contributed by atoms with Crippen molar-refractivity contribution < 1.29 is 0 Å². The maximum atomic E-state index is 11.9. The second-order valence-corrected chi connectivity index (χ2v) is 4.68. The van der Waals surface area contributed by atoms with Crippen LogP contribution in [-0.2, 0) is 5.54 Å². The summed E-state index contributed by atoms with van der Waals surface area (Å²) >= 11 is 0. The van der Waals surface area contributed by atoms with Crippen molar-refractivity contribution in [2.75, 3.05) is 0 Å². The summed E-state index contributed by atoms with van der Waals surface area (Å²) in [6.07, 6.45) is 0. The van der Waals surface area contributed by atoms with Crippen molar-refractivity contribution in [3.8, 4) is 0 Å². The molecule has 14 heavy (non-hydrogen) atoms. The molecule has 0 bridgehead atoms. The quantitative estimate of drug-likeness (QED) is 0.632. The van der Waals surface area contributed by atoms with Crippen LogP contribution in [0.3, 0.4) is 0 Å². The van der Waals surface area contributed by atoms with Gasteiger partial charge in [0.15, 0.2) is 0 Å². The standard InChI is InChI=1S/C11H18N2O/c1-7-9(3)13(11(4,5)6)10(14)8(2)12-7/h1-6H3. The molecule has 0 fully saturated rings. The van der Waals surface area contributed by atoms with Gasteiger partial charge in [-0.3, -0.25) is 9.78 Å². The Morgan fingerprint density at radius 2 is 1.57 bits per heavy atom. The molecule has 3 nitrogen and oxygen atoms in total. The predicted molar refractivity (Wildman–Crippen MR) is 57.7 cm³/mol. The van der Waals surface area contributed by atoms with Crippen molar-refractivity contribution in [1.82, 2.24) is 9.55 Å². The maximum absolute atomic E-state index is 11.9. The van der Waals surface area contributed by atoms with Crippen molar-refractivity contribution in [3.05, 3.63) is 27.4 Å². The molecule has 0 N–H and O–H groups in total. The molecule has 0 aliphatic heterocycles. The highest BCUT2D eigenvalue weighted by molar-refractivity contribution is 5.14. The summed E-state index contributed by atoms with van der Waals surface area (Å²) in [6.45, 7) is 11.7. The molecule has 0 aliphatic carbocycles. The highest BCUT2D eigenvalue weighted by Crippen LogP contribution is 2.15. The summed E-state index contributed by atoms with van der Waals surface area (Å²) in [6, 6.07) is 0. The Hall–Kier alpha value is -1.12. The lowest BCUT2D eigenvalue weighted by Crippen LogP contribution is -2.37. The summed E-state index contributed by atoms with van der Waals surface area (Å²) in [4.78, 5) is 16.1. The van der Waals surface area contributed by atoms with Gasteiger partial charge in [0.25, 0.3) is 5.56 Å². The second kappa shape index (κ2) is 3.23. The first-order valence-corrected chi connectivity index (χ1v) is 4.82. The minimum absolute atomic E-state index is 0.0144. The average Bonchev–Trinajstić information content (AvgIpc) is 1.98. The molecular weight excluding hydrogens is 176 g/mol. The molecule has 0 aliphatic rings. The fraction of sp³-hybridized carbons (Fsp3) is 0.636. The van der Waals surface area contributed by atoms with Crippen LogP contribution in [0.15, 0.2) is 4.79 Å². The minimum Gasteiger partial charge on any atom is -0.304 e. The molecule has 0 radical (unpaired) electrons. The van der Waals surface area contributed by atoms with E-state index < -0.39 is 0 Å². The van der Waals surface area contributed by atoms with Crippen LogP contribution in [-0.4, -0.2) is 9.55 Å². The van der Waals surface area contributed by atoms with Gasteiger partial charge in [-0.1, -0.05) is 0 Å². The Morgan fingerprint density at radius 3 is 2.00 bits per heavy atom. The number of rotatable bonds is 0. The zero-order chi connectivity index (χ0) is 11.1.